The number of amides is 2. The summed E-state index contributed by atoms with van der Waals surface area (Å²) in [5.41, 5.74) is 0.719. The second-order valence-electron chi connectivity index (χ2n) is 4.88. The van der Waals surface area contributed by atoms with Crippen molar-refractivity contribution in [2.24, 2.45) is 0 Å². The molecular weight excluding hydrogens is 324 g/mol. The monoisotopic (exact) mass is 340 g/mol. The molecule has 2 unspecified atom stereocenters. The summed E-state index contributed by atoms with van der Waals surface area (Å²) in [4.78, 5) is 24.6. The highest BCUT2D eigenvalue weighted by Crippen LogP contribution is 2.30. The maximum Gasteiger partial charge on any atom is 0.246 e. The quantitative estimate of drug-likeness (QED) is 0.822. The molecule has 2 rings (SSSR count). The smallest absolute Gasteiger partial charge is 0.246 e. The first kappa shape index (κ1) is 15.0. The van der Waals surface area contributed by atoms with E-state index in [9.17, 15) is 14.7 Å². The number of hydrogen-bond acceptors (Lipinski definition) is 4. The molecule has 20 heavy (non-hydrogen) atoms. The number of nitrogens with zero attached hydrogens (tertiary/aromatic N) is 1. The Balaban J connectivity index is 2.20. The zero-order valence-electron chi connectivity index (χ0n) is 11.4. The van der Waals surface area contributed by atoms with E-state index in [-0.39, 0.29) is 30.0 Å². The van der Waals surface area contributed by atoms with E-state index >= 15 is 0 Å². The van der Waals surface area contributed by atoms with Crippen LogP contribution in [0.3, 0.4) is 0 Å². The van der Waals surface area contributed by atoms with Gasteiger partial charge in [-0.1, -0.05) is 22.9 Å². The van der Waals surface area contributed by atoms with E-state index in [0.717, 1.165) is 14.9 Å². The van der Waals surface area contributed by atoms with Crippen molar-refractivity contribution in [1.29, 1.82) is 0 Å². The van der Waals surface area contributed by atoms with Gasteiger partial charge in [-0.05, 0) is 24.6 Å². The highest BCUT2D eigenvalue weighted by atomic mass is 79.9. The molecule has 1 aliphatic heterocycles. The molecule has 2 atom stereocenters. The van der Waals surface area contributed by atoms with E-state index in [0.29, 0.717) is 6.42 Å². The number of hydrogen-bond donors (Lipinski definition) is 2. The van der Waals surface area contributed by atoms with E-state index in [2.05, 4.69) is 21.2 Å². The van der Waals surface area contributed by atoms with Gasteiger partial charge >= 0.3 is 0 Å². The lowest BCUT2D eigenvalue weighted by Gasteiger charge is -2.22. The van der Waals surface area contributed by atoms with Crippen LogP contribution < -0.4 is 5.32 Å². The van der Waals surface area contributed by atoms with Gasteiger partial charge in [-0.2, -0.15) is 0 Å². The molecular formula is C14H17BrN2O3. The normalized spacial score (nSPS) is 20.6. The summed E-state index contributed by atoms with van der Waals surface area (Å²) in [6.45, 7) is 1.96. The standard InChI is InChI=1S/C14H17BrN2O3/c1-3-10(9-6-8(15)4-5-12(9)18)16-11-7-13(19)17(2)14(11)20/h4-6,10-11,16,18H,3,7H2,1-2H3. The van der Waals surface area contributed by atoms with Crippen LogP contribution in [0, 0.1) is 0 Å². The number of nitrogens with one attached hydrogen (secondary N) is 1. The van der Waals surface area contributed by atoms with Crippen molar-refractivity contribution in [2.75, 3.05) is 7.05 Å². The number of likely N-dealkylation sites (tertiary alicyclic amines) is 1. The Morgan fingerprint density at radius 2 is 2.20 bits per heavy atom. The van der Waals surface area contributed by atoms with Gasteiger partial charge < -0.3 is 5.11 Å². The van der Waals surface area contributed by atoms with Gasteiger partial charge in [0.25, 0.3) is 0 Å². The lowest BCUT2D eigenvalue weighted by molar-refractivity contribution is -0.137. The molecule has 1 saturated heterocycles. The summed E-state index contributed by atoms with van der Waals surface area (Å²) < 4.78 is 0.858. The summed E-state index contributed by atoms with van der Waals surface area (Å²) in [5, 5.41) is 13.1. The van der Waals surface area contributed by atoms with Gasteiger partial charge in [0.2, 0.25) is 11.8 Å². The number of rotatable bonds is 4. The Labute approximate surface area is 126 Å². The Morgan fingerprint density at radius 3 is 2.75 bits per heavy atom. The highest BCUT2D eigenvalue weighted by Gasteiger charge is 2.37. The second kappa shape index (κ2) is 5.93. The van der Waals surface area contributed by atoms with Crippen LogP contribution in [-0.4, -0.2) is 34.9 Å². The average Bonchev–Trinajstić information content (AvgIpc) is 2.66. The van der Waals surface area contributed by atoms with Gasteiger partial charge in [-0.15, -0.1) is 0 Å². The third kappa shape index (κ3) is 2.86. The van der Waals surface area contributed by atoms with Crippen LogP contribution in [0.25, 0.3) is 0 Å². The number of carbonyl (C=O) groups is 2. The van der Waals surface area contributed by atoms with Crippen molar-refractivity contribution in [2.45, 2.75) is 31.8 Å². The van der Waals surface area contributed by atoms with E-state index in [1.165, 1.54) is 7.05 Å². The van der Waals surface area contributed by atoms with Crippen LogP contribution in [0.2, 0.25) is 0 Å². The van der Waals surface area contributed by atoms with Crippen LogP contribution in [0.4, 0.5) is 0 Å². The molecule has 0 spiro atoms. The van der Waals surface area contributed by atoms with Gasteiger partial charge in [0.15, 0.2) is 0 Å². The number of likely N-dealkylation sites (N-methyl/N-ethyl adjacent to an activating group) is 1. The fourth-order valence-corrected chi connectivity index (χ4v) is 2.74. The first-order chi connectivity index (χ1) is 9.43. The molecule has 0 radical (unpaired) electrons. The largest absolute Gasteiger partial charge is 0.508 e. The predicted octanol–water partition coefficient (Wildman–Crippen LogP) is 1.95. The zero-order valence-corrected chi connectivity index (χ0v) is 13.0. The van der Waals surface area contributed by atoms with Crippen molar-refractivity contribution < 1.29 is 14.7 Å². The van der Waals surface area contributed by atoms with Crippen LogP contribution in [0.15, 0.2) is 22.7 Å². The number of imide groups is 1. The molecule has 0 saturated carbocycles. The van der Waals surface area contributed by atoms with Gasteiger partial charge in [-0.3, -0.25) is 19.8 Å². The topological polar surface area (TPSA) is 69.6 Å². The fraction of sp³-hybridized carbons (Fsp3) is 0.429. The Bertz CT molecular complexity index is 547. The summed E-state index contributed by atoms with van der Waals surface area (Å²) >= 11 is 3.37. The summed E-state index contributed by atoms with van der Waals surface area (Å²) in [6.07, 6.45) is 0.867. The summed E-state index contributed by atoms with van der Waals surface area (Å²) in [5.74, 6) is -0.221. The first-order valence-electron chi connectivity index (χ1n) is 6.49. The zero-order chi connectivity index (χ0) is 14.9. The number of carbonyl (C=O) groups excluding carboxylic acids is 2. The van der Waals surface area contributed by atoms with Crippen molar-refractivity contribution in [3.8, 4) is 5.75 Å². The van der Waals surface area contributed by atoms with Crippen LogP contribution >= 0.6 is 15.9 Å². The van der Waals surface area contributed by atoms with E-state index in [1.54, 1.807) is 12.1 Å². The summed E-state index contributed by atoms with van der Waals surface area (Å²) in [7, 11) is 1.49. The lowest BCUT2D eigenvalue weighted by Crippen LogP contribution is -2.39. The van der Waals surface area contributed by atoms with Crippen molar-refractivity contribution in [3.05, 3.63) is 28.2 Å². The number of halogens is 1. The third-order valence-electron chi connectivity index (χ3n) is 3.56. The number of phenolic OH excluding ortho intramolecular Hbond substituents is 1. The predicted molar refractivity (Wildman–Crippen MR) is 78.2 cm³/mol. The molecule has 1 aromatic carbocycles. The first-order valence-corrected chi connectivity index (χ1v) is 7.28. The SMILES string of the molecule is CCC(NC1CC(=O)N(C)C1=O)c1cc(Br)ccc1O. The molecule has 2 N–H and O–H groups in total. The minimum Gasteiger partial charge on any atom is -0.508 e. The van der Waals surface area contributed by atoms with Gasteiger partial charge in [0.05, 0.1) is 12.5 Å². The van der Waals surface area contributed by atoms with Gasteiger partial charge in [-0.25, -0.2) is 0 Å². The maximum atomic E-state index is 11.9. The maximum absolute atomic E-state index is 11.9. The molecule has 5 nitrogen and oxygen atoms in total. The molecule has 108 valence electrons. The van der Waals surface area contributed by atoms with Crippen LogP contribution in [0.1, 0.15) is 31.4 Å². The number of aromatic hydroxyl groups is 1. The molecule has 1 heterocycles. The van der Waals surface area contributed by atoms with Gasteiger partial charge in [0.1, 0.15) is 5.75 Å². The lowest BCUT2D eigenvalue weighted by atomic mass is 10.0. The molecule has 0 bridgehead atoms. The average molecular weight is 341 g/mol. The van der Waals surface area contributed by atoms with Crippen molar-refractivity contribution in [1.82, 2.24) is 10.2 Å². The minimum atomic E-state index is -0.518. The fourth-order valence-electron chi connectivity index (χ4n) is 2.36. The Kier molecular flexibility index (Phi) is 4.45. The molecule has 1 aliphatic rings. The second-order valence-corrected chi connectivity index (χ2v) is 5.79. The van der Waals surface area contributed by atoms with E-state index in [4.69, 9.17) is 0 Å². The Hall–Kier alpha value is -1.40. The number of phenols is 1. The third-order valence-corrected chi connectivity index (χ3v) is 4.05. The molecule has 1 fully saturated rings. The van der Waals surface area contributed by atoms with E-state index in [1.807, 2.05) is 13.0 Å². The molecule has 2 amide bonds. The van der Waals surface area contributed by atoms with Crippen molar-refractivity contribution in [3.63, 3.8) is 0 Å². The summed E-state index contributed by atoms with van der Waals surface area (Å²) in [6, 6.07) is 4.49. The van der Waals surface area contributed by atoms with Crippen LogP contribution in [-0.2, 0) is 9.59 Å². The highest BCUT2D eigenvalue weighted by molar-refractivity contribution is 9.10. The Morgan fingerprint density at radius 1 is 1.50 bits per heavy atom. The molecule has 1 aromatic rings. The van der Waals surface area contributed by atoms with E-state index < -0.39 is 6.04 Å². The molecule has 0 aromatic heterocycles. The van der Waals surface area contributed by atoms with Crippen molar-refractivity contribution >= 4 is 27.7 Å². The van der Waals surface area contributed by atoms with Crippen LogP contribution in [0.5, 0.6) is 5.75 Å². The molecule has 0 aliphatic carbocycles. The minimum absolute atomic E-state index is 0.167. The number of benzene rings is 1. The molecule has 6 heteroatoms. The van der Waals surface area contributed by atoms with Gasteiger partial charge in [0, 0.05) is 23.1 Å².